The molecule has 2 heterocycles. The van der Waals surface area contributed by atoms with E-state index in [0.29, 0.717) is 24.3 Å². The van der Waals surface area contributed by atoms with E-state index in [2.05, 4.69) is 20.8 Å². The van der Waals surface area contributed by atoms with Crippen molar-refractivity contribution in [2.75, 3.05) is 6.54 Å². The van der Waals surface area contributed by atoms with Gasteiger partial charge in [0.15, 0.2) is 5.96 Å². The van der Waals surface area contributed by atoms with E-state index in [1.54, 1.807) is 6.92 Å². The lowest BCUT2D eigenvalue weighted by Crippen LogP contribution is -2.22. The van der Waals surface area contributed by atoms with Gasteiger partial charge in [-0.15, -0.1) is 10.2 Å². The number of aromatic nitrogens is 2. The summed E-state index contributed by atoms with van der Waals surface area (Å²) in [5, 5.41) is 20.5. The summed E-state index contributed by atoms with van der Waals surface area (Å²) < 4.78 is 5.19. The van der Waals surface area contributed by atoms with Gasteiger partial charge in [0, 0.05) is 13.5 Å². The van der Waals surface area contributed by atoms with Gasteiger partial charge in [-0.3, -0.25) is 5.41 Å². The van der Waals surface area contributed by atoms with Gasteiger partial charge in [-0.25, -0.2) is 0 Å². The van der Waals surface area contributed by atoms with Crippen molar-refractivity contribution < 1.29 is 4.42 Å². The Bertz CT molecular complexity index is 307. The molecule has 0 saturated carbocycles. The van der Waals surface area contributed by atoms with Crippen molar-refractivity contribution in [2.45, 2.75) is 13.0 Å². The van der Waals surface area contributed by atoms with Gasteiger partial charge in [-0.1, -0.05) is 0 Å². The van der Waals surface area contributed by atoms with Gasteiger partial charge in [-0.05, 0) is 0 Å². The van der Waals surface area contributed by atoms with Gasteiger partial charge in [0.25, 0.3) is 0 Å². The molecule has 1 aromatic heterocycles. The molecule has 1 aliphatic rings. The zero-order valence-corrected chi connectivity index (χ0v) is 6.59. The fraction of sp³-hybridized carbons (Fsp3) is 0.500. The monoisotopic (exact) mass is 167 g/mol. The third kappa shape index (κ3) is 1.11. The molecule has 2 rings (SSSR count). The molecule has 3 N–H and O–H groups in total. The highest BCUT2D eigenvalue weighted by atomic mass is 16.4. The highest BCUT2D eigenvalue weighted by molar-refractivity contribution is 5.78. The molecule has 1 saturated heterocycles. The maximum atomic E-state index is 7.22. The molecule has 1 aliphatic heterocycles. The Morgan fingerprint density at radius 1 is 1.58 bits per heavy atom. The molecule has 0 spiro atoms. The van der Waals surface area contributed by atoms with Crippen molar-refractivity contribution in [1.29, 1.82) is 5.41 Å². The summed E-state index contributed by atoms with van der Waals surface area (Å²) >= 11 is 0. The highest BCUT2D eigenvalue weighted by Gasteiger charge is 2.23. The molecule has 64 valence electrons. The number of nitrogens with one attached hydrogen (secondary N) is 3. The molecule has 1 atom stereocenters. The number of aryl methyl sites for hydroxylation is 1. The molecule has 6 heteroatoms. The van der Waals surface area contributed by atoms with Crippen LogP contribution < -0.4 is 10.6 Å². The van der Waals surface area contributed by atoms with Gasteiger partial charge >= 0.3 is 0 Å². The molecular weight excluding hydrogens is 158 g/mol. The average Bonchev–Trinajstić information content (AvgIpc) is 2.58. The second-order valence-corrected chi connectivity index (χ2v) is 2.61. The van der Waals surface area contributed by atoms with Crippen molar-refractivity contribution >= 4 is 5.96 Å². The van der Waals surface area contributed by atoms with Crippen LogP contribution in [-0.2, 0) is 0 Å². The lowest BCUT2D eigenvalue weighted by molar-refractivity contribution is 0.426. The molecule has 6 nitrogen and oxygen atoms in total. The Morgan fingerprint density at radius 2 is 2.42 bits per heavy atom. The maximum absolute atomic E-state index is 7.22. The Balaban J connectivity index is 2.15. The Labute approximate surface area is 68.9 Å². The van der Waals surface area contributed by atoms with E-state index < -0.39 is 0 Å². The summed E-state index contributed by atoms with van der Waals surface area (Å²) in [6.45, 7) is 2.37. The fourth-order valence-electron chi connectivity index (χ4n) is 1.08. The van der Waals surface area contributed by atoms with Crippen LogP contribution in [0, 0.1) is 12.3 Å². The minimum absolute atomic E-state index is 0.0568. The highest BCUT2D eigenvalue weighted by Crippen LogP contribution is 2.12. The number of hydrogen-bond donors (Lipinski definition) is 3. The van der Waals surface area contributed by atoms with Gasteiger partial charge in [0.2, 0.25) is 11.8 Å². The minimum atomic E-state index is -0.0568. The first-order valence-corrected chi connectivity index (χ1v) is 3.64. The average molecular weight is 167 g/mol. The summed E-state index contributed by atoms with van der Waals surface area (Å²) in [4.78, 5) is 0. The third-order valence-corrected chi connectivity index (χ3v) is 1.64. The molecule has 1 aromatic rings. The van der Waals surface area contributed by atoms with Crippen LogP contribution in [0.15, 0.2) is 4.42 Å². The fourth-order valence-corrected chi connectivity index (χ4v) is 1.08. The second kappa shape index (κ2) is 2.47. The minimum Gasteiger partial charge on any atom is -0.423 e. The molecule has 0 bridgehead atoms. The third-order valence-electron chi connectivity index (χ3n) is 1.64. The van der Waals surface area contributed by atoms with Crippen LogP contribution in [0.2, 0.25) is 0 Å². The summed E-state index contributed by atoms with van der Waals surface area (Å²) in [6, 6.07) is -0.0568. The number of guanidine groups is 1. The summed E-state index contributed by atoms with van der Waals surface area (Å²) in [5.41, 5.74) is 0. The zero-order valence-electron chi connectivity index (χ0n) is 6.59. The van der Waals surface area contributed by atoms with Crippen LogP contribution in [0.1, 0.15) is 17.8 Å². The van der Waals surface area contributed by atoms with Gasteiger partial charge in [0.05, 0.1) is 0 Å². The van der Waals surface area contributed by atoms with Crippen LogP contribution in [0.5, 0.6) is 0 Å². The molecular formula is C6H9N5O. The van der Waals surface area contributed by atoms with Crippen molar-refractivity contribution in [3.63, 3.8) is 0 Å². The Morgan fingerprint density at radius 3 is 2.92 bits per heavy atom. The molecule has 0 radical (unpaired) electrons. The molecule has 0 aromatic carbocycles. The Kier molecular flexibility index (Phi) is 1.46. The van der Waals surface area contributed by atoms with Crippen molar-refractivity contribution in [3.8, 4) is 0 Å². The predicted molar refractivity (Wildman–Crippen MR) is 40.6 cm³/mol. The molecule has 0 unspecified atom stereocenters. The smallest absolute Gasteiger partial charge is 0.240 e. The van der Waals surface area contributed by atoms with E-state index in [9.17, 15) is 0 Å². The number of rotatable bonds is 1. The topological polar surface area (TPSA) is 86.8 Å². The number of nitrogens with zero attached hydrogens (tertiary/aromatic N) is 2. The van der Waals surface area contributed by atoms with Crippen LogP contribution in [-0.4, -0.2) is 22.7 Å². The van der Waals surface area contributed by atoms with E-state index in [4.69, 9.17) is 9.83 Å². The van der Waals surface area contributed by atoms with Crippen LogP contribution in [0.3, 0.4) is 0 Å². The van der Waals surface area contributed by atoms with Gasteiger partial charge < -0.3 is 15.1 Å². The molecule has 1 fully saturated rings. The normalized spacial score (nSPS) is 22.1. The first-order chi connectivity index (χ1) is 5.75. The summed E-state index contributed by atoms with van der Waals surface area (Å²) in [7, 11) is 0. The summed E-state index contributed by atoms with van der Waals surface area (Å²) in [6.07, 6.45) is 0. The van der Waals surface area contributed by atoms with Gasteiger partial charge in [0.1, 0.15) is 6.04 Å². The van der Waals surface area contributed by atoms with E-state index in [1.165, 1.54) is 0 Å². The largest absolute Gasteiger partial charge is 0.423 e. The predicted octanol–water partition coefficient (Wildman–Crippen LogP) is -0.453. The Hall–Kier alpha value is -1.59. The first kappa shape index (κ1) is 7.08. The lowest BCUT2D eigenvalue weighted by atomic mass is 10.3. The number of hydrogen-bond acceptors (Lipinski definition) is 4. The molecule has 0 amide bonds. The second-order valence-electron chi connectivity index (χ2n) is 2.61. The van der Waals surface area contributed by atoms with Crippen LogP contribution in [0.4, 0.5) is 0 Å². The van der Waals surface area contributed by atoms with Crippen molar-refractivity contribution in [1.82, 2.24) is 20.8 Å². The van der Waals surface area contributed by atoms with Crippen molar-refractivity contribution in [2.24, 2.45) is 0 Å². The van der Waals surface area contributed by atoms with E-state index >= 15 is 0 Å². The quantitative estimate of drug-likeness (QED) is 0.527. The SMILES string of the molecule is Cc1nnc([C@@H]2CNC(=N)N2)o1. The lowest BCUT2D eigenvalue weighted by Gasteiger charge is -2.00. The van der Waals surface area contributed by atoms with Crippen LogP contribution in [0.25, 0.3) is 0 Å². The van der Waals surface area contributed by atoms with Crippen LogP contribution >= 0.6 is 0 Å². The van der Waals surface area contributed by atoms with E-state index in [-0.39, 0.29) is 6.04 Å². The first-order valence-electron chi connectivity index (χ1n) is 3.64. The van der Waals surface area contributed by atoms with E-state index in [1.807, 2.05) is 0 Å². The summed E-state index contributed by atoms with van der Waals surface area (Å²) in [5.74, 6) is 1.38. The zero-order chi connectivity index (χ0) is 8.55. The molecule has 0 aliphatic carbocycles. The van der Waals surface area contributed by atoms with Crippen molar-refractivity contribution in [3.05, 3.63) is 11.8 Å². The molecule has 12 heavy (non-hydrogen) atoms. The standard InChI is InChI=1S/C6H9N5O/c1-3-10-11-5(12-3)4-2-8-6(7)9-4/h4H,2H2,1H3,(H3,7,8,9)/t4-/m0/s1. The van der Waals surface area contributed by atoms with E-state index in [0.717, 1.165) is 0 Å². The van der Waals surface area contributed by atoms with Gasteiger partial charge in [-0.2, -0.15) is 0 Å². The maximum Gasteiger partial charge on any atom is 0.240 e.